The van der Waals surface area contributed by atoms with Gasteiger partial charge in [0.15, 0.2) is 0 Å². The van der Waals surface area contributed by atoms with Crippen LogP contribution in [0, 0.1) is 0 Å². The lowest BCUT2D eigenvalue weighted by atomic mass is 10.1. The summed E-state index contributed by atoms with van der Waals surface area (Å²) in [5.41, 5.74) is 0. The number of sulfonamides is 1. The predicted octanol–water partition coefficient (Wildman–Crippen LogP) is 2.40. The average Bonchev–Trinajstić information content (AvgIpc) is 2.59. The first kappa shape index (κ1) is 20.4. The fourth-order valence-corrected chi connectivity index (χ4v) is 3.51. The average molecular weight is 356 g/mol. The van der Waals surface area contributed by atoms with Crippen molar-refractivity contribution in [3.8, 4) is 5.75 Å². The van der Waals surface area contributed by atoms with Gasteiger partial charge in [-0.25, -0.2) is 12.7 Å². The second-order valence-corrected chi connectivity index (χ2v) is 7.73. The molecule has 136 valence electrons. The molecule has 0 fully saturated rings. The molecule has 1 amide bonds. The summed E-state index contributed by atoms with van der Waals surface area (Å²) >= 11 is 0. The van der Waals surface area contributed by atoms with Crippen LogP contribution in [0.1, 0.15) is 39.5 Å². The van der Waals surface area contributed by atoms with Crippen molar-refractivity contribution in [3.63, 3.8) is 0 Å². The van der Waals surface area contributed by atoms with Crippen LogP contribution in [0.4, 0.5) is 0 Å². The third-order valence-electron chi connectivity index (χ3n) is 4.00. The summed E-state index contributed by atoms with van der Waals surface area (Å²) in [6, 6.07) is 6.46. The number of nitrogens with zero attached hydrogens (tertiary/aromatic N) is 1. The smallest absolute Gasteiger partial charge is 0.242 e. The van der Waals surface area contributed by atoms with Gasteiger partial charge in [0, 0.05) is 26.1 Å². The molecule has 0 radical (unpaired) electrons. The number of nitrogens with one attached hydrogen (secondary N) is 1. The number of benzene rings is 1. The van der Waals surface area contributed by atoms with Crippen molar-refractivity contribution >= 4 is 15.9 Å². The molecule has 1 N–H and O–H groups in total. The lowest BCUT2D eigenvalue weighted by molar-refractivity contribution is -0.122. The van der Waals surface area contributed by atoms with Gasteiger partial charge in [-0.2, -0.15) is 0 Å². The van der Waals surface area contributed by atoms with Crippen molar-refractivity contribution in [2.24, 2.45) is 0 Å². The summed E-state index contributed by atoms with van der Waals surface area (Å²) in [7, 11) is -0.492. The Balaban J connectivity index is 2.54. The molecule has 0 bridgehead atoms. The molecule has 0 heterocycles. The molecule has 0 saturated heterocycles. The van der Waals surface area contributed by atoms with Crippen LogP contribution < -0.4 is 10.1 Å². The van der Waals surface area contributed by atoms with Crippen molar-refractivity contribution < 1.29 is 17.9 Å². The maximum absolute atomic E-state index is 12.5. The third-order valence-corrected chi connectivity index (χ3v) is 5.87. The Morgan fingerprint density at radius 3 is 2.29 bits per heavy atom. The summed E-state index contributed by atoms with van der Waals surface area (Å²) in [5.74, 6) is 0.577. The van der Waals surface area contributed by atoms with Crippen molar-refractivity contribution in [2.75, 3.05) is 20.7 Å². The molecule has 7 heteroatoms. The number of hydrogen-bond donors (Lipinski definition) is 1. The van der Waals surface area contributed by atoms with Crippen LogP contribution in [0.25, 0.3) is 0 Å². The fourth-order valence-electron chi connectivity index (χ4n) is 2.30. The Morgan fingerprint density at radius 1 is 1.21 bits per heavy atom. The van der Waals surface area contributed by atoms with Gasteiger partial charge in [-0.3, -0.25) is 4.79 Å². The molecular formula is C17H28N2O4S. The number of carbonyl (C=O) groups is 1. The monoisotopic (exact) mass is 356 g/mol. The van der Waals surface area contributed by atoms with E-state index in [9.17, 15) is 13.2 Å². The molecule has 6 nitrogen and oxygen atoms in total. The summed E-state index contributed by atoms with van der Waals surface area (Å²) in [4.78, 5) is 12.1. The SMILES string of the molecule is CCC(CC)NC(=O)CCCN(C)S(=O)(=O)c1ccc(OC)cc1. The number of ether oxygens (including phenoxy) is 1. The van der Waals surface area contributed by atoms with Crippen LogP contribution in [-0.2, 0) is 14.8 Å². The summed E-state index contributed by atoms with van der Waals surface area (Å²) in [6.45, 7) is 4.36. The topological polar surface area (TPSA) is 75.7 Å². The Bertz CT molecular complexity index is 610. The second-order valence-electron chi connectivity index (χ2n) is 5.69. The van der Waals surface area contributed by atoms with E-state index in [0.717, 1.165) is 12.8 Å². The highest BCUT2D eigenvalue weighted by atomic mass is 32.2. The van der Waals surface area contributed by atoms with E-state index in [0.29, 0.717) is 25.1 Å². The van der Waals surface area contributed by atoms with Gasteiger partial charge >= 0.3 is 0 Å². The van der Waals surface area contributed by atoms with E-state index < -0.39 is 10.0 Å². The molecule has 0 saturated carbocycles. The third kappa shape index (κ3) is 5.79. The maximum atomic E-state index is 12.5. The number of methoxy groups -OCH3 is 1. The zero-order valence-electron chi connectivity index (χ0n) is 14.9. The lowest BCUT2D eigenvalue weighted by Crippen LogP contribution is -2.34. The number of hydrogen-bond acceptors (Lipinski definition) is 4. The normalized spacial score (nSPS) is 11.8. The zero-order chi connectivity index (χ0) is 18.2. The molecule has 0 atom stereocenters. The van der Waals surface area contributed by atoms with Gasteiger partial charge in [0.05, 0.1) is 12.0 Å². The summed E-state index contributed by atoms with van der Waals surface area (Å²) in [5, 5.41) is 2.95. The largest absolute Gasteiger partial charge is 0.497 e. The van der Waals surface area contributed by atoms with E-state index >= 15 is 0 Å². The van der Waals surface area contributed by atoms with Crippen molar-refractivity contribution in [2.45, 2.75) is 50.5 Å². The van der Waals surface area contributed by atoms with Crippen LogP contribution in [0.3, 0.4) is 0 Å². The summed E-state index contributed by atoms with van der Waals surface area (Å²) in [6.07, 6.45) is 2.60. The number of amides is 1. The minimum Gasteiger partial charge on any atom is -0.497 e. The van der Waals surface area contributed by atoms with Crippen LogP contribution in [0.15, 0.2) is 29.2 Å². The Labute approximate surface area is 145 Å². The van der Waals surface area contributed by atoms with Crippen LogP contribution in [-0.4, -0.2) is 45.4 Å². The first-order valence-electron chi connectivity index (χ1n) is 8.24. The van der Waals surface area contributed by atoms with Gasteiger partial charge in [0.25, 0.3) is 0 Å². The van der Waals surface area contributed by atoms with Crippen LogP contribution in [0.2, 0.25) is 0 Å². The van der Waals surface area contributed by atoms with Gasteiger partial charge in [-0.1, -0.05) is 13.8 Å². The molecule has 1 aromatic carbocycles. The van der Waals surface area contributed by atoms with E-state index in [-0.39, 0.29) is 16.8 Å². The summed E-state index contributed by atoms with van der Waals surface area (Å²) < 4.78 is 31.2. The van der Waals surface area contributed by atoms with Gasteiger partial charge in [0.2, 0.25) is 15.9 Å². The first-order chi connectivity index (χ1) is 11.3. The Morgan fingerprint density at radius 2 is 1.79 bits per heavy atom. The van der Waals surface area contributed by atoms with E-state index in [2.05, 4.69) is 5.32 Å². The van der Waals surface area contributed by atoms with E-state index in [1.54, 1.807) is 12.1 Å². The molecule has 0 aliphatic heterocycles. The van der Waals surface area contributed by atoms with E-state index in [1.807, 2.05) is 13.8 Å². The molecule has 0 spiro atoms. The standard InChI is InChI=1S/C17H28N2O4S/c1-5-14(6-2)18-17(20)8-7-13-19(3)24(21,22)16-11-9-15(23-4)10-12-16/h9-12,14H,5-8,13H2,1-4H3,(H,18,20). The highest BCUT2D eigenvalue weighted by Crippen LogP contribution is 2.18. The Hall–Kier alpha value is -1.60. The number of rotatable bonds is 10. The van der Waals surface area contributed by atoms with Crippen LogP contribution in [0.5, 0.6) is 5.75 Å². The second kappa shape index (κ2) is 9.64. The molecule has 0 unspecified atom stereocenters. The maximum Gasteiger partial charge on any atom is 0.242 e. The number of carbonyl (C=O) groups excluding carboxylic acids is 1. The molecule has 0 aliphatic rings. The Kier molecular flexibility index (Phi) is 8.21. The lowest BCUT2D eigenvalue weighted by Gasteiger charge is -2.18. The molecule has 1 aromatic rings. The quantitative estimate of drug-likeness (QED) is 0.698. The fraction of sp³-hybridized carbons (Fsp3) is 0.588. The van der Waals surface area contributed by atoms with Crippen LogP contribution >= 0.6 is 0 Å². The predicted molar refractivity (Wildman–Crippen MR) is 94.6 cm³/mol. The van der Waals surface area contributed by atoms with Gasteiger partial charge in [-0.05, 0) is 43.5 Å². The molecular weight excluding hydrogens is 328 g/mol. The minimum atomic E-state index is -3.55. The van der Waals surface area contributed by atoms with Crippen molar-refractivity contribution in [3.05, 3.63) is 24.3 Å². The first-order valence-corrected chi connectivity index (χ1v) is 9.68. The zero-order valence-corrected chi connectivity index (χ0v) is 15.7. The minimum absolute atomic E-state index is 0.0288. The highest BCUT2D eigenvalue weighted by molar-refractivity contribution is 7.89. The van der Waals surface area contributed by atoms with Gasteiger partial charge in [-0.15, -0.1) is 0 Å². The molecule has 0 aliphatic carbocycles. The van der Waals surface area contributed by atoms with Crippen molar-refractivity contribution in [1.82, 2.24) is 9.62 Å². The molecule has 24 heavy (non-hydrogen) atoms. The van der Waals surface area contributed by atoms with E-state index in [4.69, 9.17) is 4.74 Å². The van der Waals surface area contributed by atoms with Gasteiger partial charge < -0.3 is 10.1 Å². The van der Waals surface area contributed by atoms with E-state index in [1.165, 1.54) is 30.6 Å². The van der Waals surface area contributed by atoms with Crippen molar-refractivity contribution in [1.29, 1.82) is 0 Å². The van der Waals surface area contributed by atoms with Gasteiger partial charge in [0.1, 0.15) is 5.75 Å². The molecule has 0 aromatic heterocycles. The highest BCUT2D eigenvalue weighted by Gasteiger charge is 2.20. The molecule has 1 rings (SSSR count).